The SMILES string of the molecule is CC(C)NC(CS(=O)(=O)O)C(=O)NC(C(=O)NCC(=O)Nc1ccc(COC(=O)C(C)C)c(C(=O)N2CC(N)C2)c1)C(C)C. The van der Waals surface area contributed by atoms with E-state index in [1.165, 1.54) is 17.0 Å². The minimum atomic E-state index is -4.50. The Hall–Kier alpha value is -3.60. The van der Waals surface area contributed by atoms with Crippen molar-refractivity contribution < 1.29 is 41.7 Å². The molecule has 1 aromatic rings. The number of likely N-dealkylation sites (tertiary alicyclic amines) is 1. The third-order valence-electron chi connectivity index (χ3n) is 6.56. The molecule has 1 heterocycles. The smallest absolute Gasteiger partial charge is 0.308 e. The number of anilines is 1. The van der Waals surface area contributed by atoms with E-state index in [1.54, 1.807) is 47.6 Å². The average Bonchev–Trinajstić information content (AvgIpc) is 2.89. The number of benzene rings is 1. The molecular weight excluding hydrogens is 596 g/mol. The molecule has 1 aliphatic rings. The quantitative estimate of drug-likeness (QED) is 0.107. The molecule has 2 rings (SSSR count). The predicted molar refractivity (Wildman–Crippen MR) is 162 cm³/mol. The van der Waals surface area contributed by atoms with Gasteiger partial charge in [0, 0.05) is 42.0 Å². The van der Waals surface area contributed by atoms with Crippen molar-refractivity contribution in [3.8, 4) is 0 Å². The Morgan fingerprint density at radius 3 is 2.20 bits per heavy atom. The zero-order valence-corrected chi connectivity index (χ0v) is 26.7. The molecule has 0 spiro atoms. The van der Waals surface area contributed by atoms with Crippen LogP contribution in [0.3, 0.4) is 0 Å². The molecule has 7 N–H and O–H groups in total. The van der Waals surface area contributed by atoms with E-state index in [1.807, 2.05) is 0 Å². The second-order valence-corrected chi connectivity index (χ2v) is 13.2. The molecule has 1 saturated heterocycles. The second-order valence-electron chi connectivity index (χ2n) is 11.7. The summed E-state index contributed by atoms with van der Waals surface area (Å²) < 4.78 is 37.3. The Morgan fingerprint density at radius 2 is 1.68 bits per heavy atom. The molecule has 0 aromatic heterocycles. The summed E-state index contributed by atoms with van der Waals surface area (Å²) in [4.78, 5) is 65.1. The van der Waals surface area contributed by atoms with Crippen molar-refractivity contribution in [2.45, 2.75) is 72.3 Å². The summed E-state index contributed by atoms with van der Waals surface area (Å²) in [6, 6.07) is 1.69. The van der Waals surface area contributed by atoms with Crippen molar-refractivity contribution >= 4 is 45.4 Å². The van der Waals surface area contributed by atoms with Crippen molar-refractivity contribution in [3.63, 3.8) is 0 Å². The van der Waals surface area contributed by atoms with Crippen molar-refractivity contribution in [3.05, 3.63) is 29.3 Å². The highest BCUT2D eigenvalue weighted by Gasteiger charge is 2.32. The number of amides is 4. The first-order valence-electron chi connectivity index (χ1n) is 14.3. The molecule has 4 amide bonds. The van der Waals surface area contributed by atoms with Gasteiger partial charge in [-0.1, -0.05) is 47.6 Å². The van der Waals surface area contributed by atoms with Crippen molar-refractivity contribution in [1.29, 1.82) is 0 Å². The van der Waals surface area contributed by atoms with Gasteiger partial charge in [-0.05, 0) is 18.1 Å². The maximum Gasteiger partial charge on any atom is 0.308 e. The number of esters is 1. The lowest BCUT2D eigenvalue weighted by atomic mass is 10.0. The molecule has 44 heavy (non-hydrogen) atoms. The van der Waals surface area contributed by atoms with Crippen molar-refractivity contribution in [2.75, 3.05) is 30.7 Å². The maximum absolute atomic E-state index is 13.1. The highest BCUT2D eigenvalue weighted by molar-refractivity contribution is 7.85. The summed E-state index contributed by atoms with van der Waals surface area (Å²) in [5.41, 5.74) is 6.76. The summed E-state index contributed by atoms with van der Waals surface area (Å²) in [5.74, 6) is -4.56. The molecule has 0 bridgehead atoms. The Kier molecular flexibility index (Phi) is 13.2. The van der Waals surface area contributed by atoms with Gasteiger partial charge in [0.05, 0.1) is 18.2 Å². The first-order valence-corrected chi connectivity index (χ1v) is 15.9. The van der Waals surface area contributed by atoms with Crippen LogP contribution in [0.15, 0.2) is 18.2 Å². The fraction of sp³-hybridized carbons (Fsp3) is 0.607. The molecule has 2 unspecified atom stereocenters. The summed E-state index contributed by atoms with van der Waals surface area (Å²) in [6.07, 6.45) is 0. The molecular formula is C28H44N6O9S. The van der Waals surface area contributed by atoms with Gasteiger partial charge in [-0.15, -0.1) is 0 Å². The van der Waals surface area contributed by atoms with E-state index in [4.69, 9.17) is 10.5 Å². The van der Waals surface area contributed by atoms with Crippen LogP contribution in [0, 0.1) is 11.8 Å². The molecule has 15 nitrogen and oxygen atoms in total. The van der Waals surface area contributed by atoms with Gasteiger partial charge in [0.1, 0.15) is 18.7 Å². The van der Waals surface area contributed by atoms with Crippen LogP contribution in [0.4, 0.5) is 5.69 Å². The molecule has 0 radical (unpaired) electrons. The van der Waals surface area contributed by atoms with Gasteiger partial charge >= 0.3 is 5.97 Å². The highest BCUT2D eigenvalue weighted by Crippen LogP contribution is 2.22. The minimum absolute atomic E-state index is 0.132. The molecule has 0 saturated carbocycles. The monoisotopic (exact) mass is 640 g/mol. The number of hydrogen-bond donors (Lipinski definition) is 6. The zero-order chi connectivity index (χ0) is 33.4. The average molecular weight is 641 g/mol. The van der Waals surface area contributed by atoms with Crippen molar-refractivity contribution in [1.82, 2.24) is 20.9 Å². The van der Waals surface area contributed by atoms with E-state index < -0.39 is 64.1 Å². The highest BCUT2D eigenvalue weighted by atomic mass is 32.2. The van der Waals surface area contributed by atoms with Crippen LogP contribution in [0.1, 0.15) is 57.5 Å². The molecule has 1 aliphatic heterocycles. The lowest BCUT2D eigenvalue weighted by Gasteiger charge is -2.37. The molecule has 1 aromatic carbocycles. The number of nitrogens with zero attached hydrogens (tertiary/aromatic N) is 1. The first kappa shape index (κ1) is 36.6. The fourth-order valence-electron chi connectivity index (χ4n) is 4.23. The van der Waals surface area contributed by atoms with Gasteiger partial charge in [-0.2, -0.15) is 8.42 Å². The van der Waals surface area contributed by atoms with E-state index in [9.17, 15) is 36.9 Å². The number of rotatable bonds is 15. The third kappa shape index (κ3) is 11.5. The maximum atomic E-state index is 13.1. The summed E-state index contributed by atoms with van der Waals surface area (Å²) in [5, 5.41) is 10.3. The number of carbonyl (C=O) groups is 5. The van der Waals surface area contributed by atoms with Gasteiger partial charge < -0.3 is 36.6 Å². The van der Waals surface area contributed by atoms with Gasteiger partial charge in [0.15, 0.2) is 0 Å². The van der Waals surface area contributed by atoms with Gasteiger partial charge in [-0.25, -0.2) is 0 Å². The summed E-state index contributed by atoms with van der Waals surface area (Å²) in [6.45, 7) is 10.2. The van der Waals surface area contributed by atoms with E-state index in [0.29, 0.717) is 18.7 Å². The third-order valence-corrected chi connectivity index (χ3v) is 7.32. The van der Waals surface area contributed by atoms with E-state index >= 15 is 0 Å². The summed E-state index contributed by atoms with van der Waals surface area (Å²) in [7, 11) is -4.50. The number of ether oxygens (including phenoxy) is 1. The lowest BCUT2D eigenvalue weighted by Crippen LogP contribution is -2.58. The van der Waals surface area contributed by atoms with E-state index in [0.717, 1.165) is 0 Å². The van der Waals surface area contributed by atoms with Crippen LogP contribution in [0.2, 0.25) is 0 Å². The topological polar surface area (TPSA) is 226 Å². The Morgan fingerprint density at radius 1 is 1.05 bits per heavy atom. The Balaban J connectivity index is 2.09. The molecule has 0 aliphatic carbocycles. The van der Waals surface area contributed by atoms with Crippen LogP contribution in [-0.4, -0.2) is 97.0 Å². The van der Waals surface area contributed by atoms with Crippen LogP contribution >= 0.6 is 0 Å². The first-order chi connectivity index (χ1) is 20.4. The number of nitrogens with one attached hydrogen (secondary N) is 4. The van der Waals surface area contributed by atoms with E-state index in [-0.39, 0.29) is 41.8 Å². The lowest BCUT2D eigenvalue weighted by molar-refractivity contribution is -0.148. The normalized spacial score (nSPS) is 15.0. The minimum Gasteiger partial charge on any atom is -0.461 e. The second kappa shape index (κ2) is 15.9. The van der Waals surface area contributed by atoms with Crippen LogP contribution in [-0.2, 0) is 40.6 Å². The zero-order valence-electron chi connectivity index (χ0n) is 25.9. The van der Waals surface area contributed by atoms with Gasteiger partial charge in [0.2, 0.25) is 17.7 Å². The van der Waals surface area contributed by atoms with Gasteiger partial charge in [0.25, 0.3) is 16.0 Å². The Labute approximate surface area is 257 Å². The van der Waals surface area contributed by atoms with Crippen LogP contribution in [0.5, 0.6) is 0 Å². The van der Waals surface area contributed by atoms with Crippen molar-refractivity contribution in [2.24, 2.45) is 17.6 Å². The standard InChI is InChI=1S/C28H44N6O9S/c1-15(2)24(33-25(36)22(31-17(5)6)14-44(40,41)42)26(37)30-10-23(35)32-20-8-7-18(13-43-28(39)16(3)4)21(9-20)27(38)34-11-19(29)12-34/h7-9,15-17,19,22,24,31H,10-14,29H2,1-6H3,(H,30,37)(H,32,35)(H,33,36)(H,40,41,42). The van der Waals surface area contributed by atoms with E-state index in [2.05, 4.69) is 21.3 Å². The van der Waals surface area contributed by atoms with Gasteiger partial charge in [-0.3, -0.25) is 28.5 Å². The van der Waals surface area contributed by atoms with Crippen LogP contribution in [0.25, 0.3) is 0 Å². The summed E-state index contributed by atoms with van der Waals surface area (Å²) >= 11 is 0. The number of hydrogen-bond acceptors (Lipinski definition) is 10. The molecule has 1 fully saturated rings. The fourth-order valence-corrected chi connectivity index (χ4v) is 4.90. The Bertz CT molecular complexity index is 1330. The molecule has 16 heteroatoms. The van der Waals surface area contributed by atoms with Crippen LogP contribution < -0.4 is 27.0 Å². The molecule has 246 valence electrons. The largest absolute Gasteiger partial charge is 0.461 e. The number of nitrogens with two attached hydrogens (primary N) is 1. The molecule has 2 atom stereocenters. The number of carbonyl (C=O) groups excluding carboxylic acids is 5. The predicted octanol–water partition coefficient (Wildman–Crippen LogP) is -0.381.